The lowest BCUT2D eigenvalue weighted by atomic mass is 10.0. The zero-order valence-corrected chi connectivity index (χ0v) is 18.8. The molecule has 28 heavy (non-hydrogen) atoms. The second kappa shape index (κ2) is 8.86. The highest BCUT2D eigenvalue weighted by Gasteiger charge is 2.24. The lowest BCUT2D eigenvalue weighted by molar-refractivity contribution is 0.0603. The van der Waals surface area contributed by atoms with E-state index in [9.17, 15) is 4.79 Å². The number of methoxy groups -OCH3 is 1. The smallest absolute Gasteiger partial charge is 0.341 e. The minimum atomic E-state index is -0.395. The average molecular weight is 475 g/mol. The van der Waals surface area contributed by atoms with E-state index in [0.29, 0.717) is 15.7 Å². The van der Waals surface area contributed by atoms with Gasteiger partial charge >= 0.3 is 5.97 Å². The Morgan fingerprint density at radius 1 is 1.11 bits per heavy atom. The van der Waals surface area contributed by atoms with Crippen molar-refractivity contribution in [3.63, 3.8) is 0 Å². The third-order valence-corrected chi connectivity index (χ3v) is 5.92. The fraction of sp³-hybridized carbons (Fsp3) is 0.143. The first-order chi connectivity index (χ1) is 13.4. The highest BCUT2D eigenvalue weighted by molar-refractivity contribution is 9.10. The molecule has 0 aliphatic carbocycles. The van der Waals surface area contributed by atoms with Gasteiger partial charge in [-0.05, 0) is 55.4 Å². The van der Waals surface area contributed by atoms with E-state index in [0.717, 1.165) is 31.7 Å². The van der Waals surface area contributed by atoms with Crippen LogP contribution in [-0.4, -0.2) is 18.2 Å². The van der Waals surface area contributed by atoms with Gasteiger partial charge in [0.05, 0.1) is 7.11 Å². The normalized spacial score (nSPS) is 10.4. The van der Waals surface area contributed by atoms with Crippen LogP contribution < -0.4 is 10.6 Å². The third-order valence-electron chi connectivity index (χ3n) is 4.20. The first-order valence-electron chi connectivity index (χ1n) is 8.52. The Morgan fingerprint density at radius 2 is 1.82 bits per heavy atom. The second-order valence-corrected chi connectivity index (χ2v) is 8.68. The summed E-state index contributed by atoms with van der Waals surface area (Å²) in [6.07, 6.45) is 0. The number of ether oxygens (including phenoxy) is 1. The highest BCUT2D eigenvalue weighted by atomic mass is 79.9. The van der Waals surface area contributed by atoms with E-state index in [1.54, 1.807) is 0 Å². The molecular formula is C21H19BrN2O2S2. The number of nitrogens with one attached hydrogen (secondary N) is 2. The van der Waals surface area contributed by atoms with Crippen LogP contribution in [0.25, 0.3) is 11.1 Å². The van der Waals surface area contributed by atoms with Gasteiger partial charge in [-0.1, -0.05) is 46.3 Å². The van der Waals surface area contributed by atoms with Gasteiger partial charge in [-0.2, -0.15) is 0 Å². The quantitative estimate of drug-likeness (QED) is 0.338. The van der Waals surface area contributed by atoms with Gasteiger partial charge in [0.2, 0.25) is 0 Å². The minimum Gasteiger partial charge on any atom is -0.465 e. The maximum Gasteiger partial charge on any atom is 0.341 e. The van der Waals surface area contributed by atoms with Gasteiger partial charge in [-0.25, -0.2) is 4.79 Å². The molecule has 0 fully saturated rings. The SMILES string of the molecule is COC(=O)c1c(NC(=S)Nc2ccc(Br)cc2C)sc(C)c1-c1ccccc1. The van der Waals surface area contributed by atoms with Crippen molar-refractivity contribution in [3.8, 4) is 11.1 Å². The molecule has 144 valence electrons. The number of esters is 1. The predicted molar refractivity (Wildman–Crippen MR) is 125 cm³/mol. The second-order valence-electron chi connectivity index (χ2n) is 6.13. The molecular weight excluding hydrogens is 456 g/mol. The number of hydrogen-bond acceptors (Lipinski definition) is 4. The monoisotopic (exact) mass is 474 g/mol. The number of thiocarbonyl (C=S) groups is 1. The molecule has 4 nitrogen and oxygen atoms in total. The lowest BCUT2D eigenvalue weighted by Crippen LogP contribution is -2.20. The Hall–Kier alpha value is -2.22. The molecule has 3 rings (SSSR count). The Kier molecular flexibility index (Phi) is 6.49. The van der Waals surface area contributed by atoms with Crippen LogP contribution in [-0.2, 0) is 4.74 Å². The van der Waals surface area contributed by atoms with Crippen molar-refractivity contribution in [1.29, 1.82) is 0 Å². The van der Waals surface area contributed by atoms with E-state index in [1.807, 2.05) is 62.4 Å². The van der Waals surface area contributed by atoms with Crippen molar-refractivity contribution < 1.29 is 9.53 Å². The van der Waals surface area contributed by atoms with Crippen molar-refractivity contribution in [2.45, 2.75) is 13.8 Å². The summed E-state index contributed by atoms with van der Waals surface area (Å²) in [5, 5.41) is 7.44. The summed E-state index contributed by atoms with van der Waals surface area (Å²) in [4.78, 5) is 13.6. The number of halogens is 1. The van der Waals surface area contributed by atoms with E-state index in [2.05, 4.69) is 26.6 Å². The van der Waals surface area contributed by atoms with Gasteiger partial charge in [-0.15, -0.1) is 11.3 Å². The van der Waals surface area contributed by atoms with E-state index < -0.39 is 5.97 Å². The molecule has 3 aromatic rings. The Bertz CT molecular complexity index is 1030. The standard InChI is InChI=1S/C21H19BrN2O2S2/c1-12-11-15(22)9-10-16(12)23-21(27)24-19-18(20(25)26-3)17(13(2)28-19)14-7-5-4-6-8-14/h4-11H,1-3H3,(H2,23,24,27). The molecule has 0 aliphatic heterocycles. The molecule has 1 heterocycles. The third kappa shape index (κ3) is 4.43. The summed E-state index contributed by atoms with van der Waals surface area (Å²) in [6, 6.07) is 15.7. The molecule has 2 aromatic carbocycles. The molecule has 0 saturated carbocycles. The molecule has 0 bridgehead atoms. The maximum absolute atomic E-state index is 12.5. The molecule has 1 aromatic heterocycles. The molecule has 0 amide bonds. The number of benzene rings is 2. The molecule has 0 unspecified atom stereocenters. The Balaban J connectivity index is 1.93. The van der Waals surface area contributed by atoms with Crippen molar-refractivity contribution >= 4 is 61.3 Å². The summed E-state index contributed by atoms with van der Waals surface area (Å²) in [5.41, 5.74) is 4.28. The highest BCUT2D eigenvalue weighted by Crippen LogP contribution is 2.40. The van der Waals surface area contributed by atoms with Gasteiger partial charge in [-0.3, -0.25) is 0 Å². The number of hydrogen-bond donors (Lipinski definition) is 2. The Labute approximate surface area is 182 Å². The van der Waals surface area contributed by atoms with Gasteiger partial charge in [0.25, 0.3) is 0 Å². The van der Waals surface area contributed by atoms with Crippen LogP contribution in [0.4, 0.5) is 10.7 Å². The molecule has 2 N–H and O–H groups in total. The molecule has 0 aliphatic rings. The molecule has 0 saturated heterocycles. The van der Waals surface area contributed by atoms with Crippen LogP contribution in [0, 0.1) is 13.8 Å². The number of anilines is 2. The lowest BCUT2D eigenvalue weighted by Gasteiger charge is -2.13. The van der Waals surface area contributed by atoms with Crippen LogP contribution in [0.1, 0.15) is 20.8 Å². The minimum absolute atomic E-state index is 0.395. The molecule has 7 heteroatoms. The van der Waals surface area contributed by atoms with Gasteiger partial charge < -0.3 is 15.4 Å². The molecule has 0 spiro atoms. The van der Waals surface area contributed by atoms with E-state index in [4.69, 9.17) is 17.0 Å². The van der Waals surface area contributed by atoms with Crippen molar-refractivity contribution in [2.75, 3.05) is 17.7 Å². The molecule has 0 radical (unpaired) electrons. The number of thiophene rings is 1. The van der Waals surface area contributed by atoms with Crippen molar-refractivity contribution in [3.05, 3.63) is 69.0 Å². The average Bonchev–Trinajstić information content (AvgIpc) is 2.99. The first-order valence-corrected chi connectivity index (χ1v) is 10.5. The first kappa shape index (κ1) is 20.5. The van der Waals surface area contributed by atoms with Crippen LogP contribution in [0.3, 0.4) is 0 Å². The summed E-state index contributed by atoms with van der Waals surface area (Å²) in [5.74, 6) is -0.395. The summed E-state index contributed by atoms with van der Waals surface area (Å²) in [6.45, 7) is 3.98. The maximum atomic E-state index is 12.5. The van der Waals surface area contributed by atoms with E-state index in [1.165, 1.54) is 18.4 Å². The zero-order chi connectivity index (χ0) is 20.3. The van der Waals surface area contributed by atoms with E-state index >= 15 is 0 Å². The predicted octanol–water partition coefficient (Wildman–Crippen LogP) is 6.39. The molecule has 0 atom stereocenters. The number of carbonyl (C=O) groups excluding carboxylic acids is 1. The van der Waals surface area contributed by atoms with Gasteiger partial charge in [0.15, 0.2) is 5.11 Å². The summed E-state index contributed by atoms with van der Waals surface area (Å²) >= 11 is 10.4. The van der Waals surface area contributed by atoms with Crippen LogP contribution >= 0.6 is 39.5 Å². The van der Waals surface area contributed by atoms with E-state index in [-0.39, 0.29) is 0 Å². The number of aryl methyl sites for hydroxylation is 2. The topological polar surface area (TPSA) is 50.4 Å². The number of carbonyl (C=O) groups is 1. The number of rotatable bonds is 4. The Morgan fingerprint density at radius 3 is 2.46 bits per heavy atom. The fourth-order valence-electron chi connectivity index (χ4n) is 2.91. The van der Waals surface area contributed by atoms with Crippen LogP contribution in [0.5, 0.6) is 0 Å². The van der Waals surface area contributed by atoms with Crippen molar-refractivity contribution in [1.82, 2.24) is 0 Å². The fourth-order valence-corrected chi connectivity index (χ4v) is 4.73. The van der Waals surface area contributed by atoms with Crippen LogP contribution in [0.15, 0.2) is 53.0 Å². The zero-order valence-electron chi connectivity index (χ0n) is 15.6. The van der Waals surface area contributed by atoms with Crippen LogP contribution in [0.2, 0.25) is 0 Å². The van der Waals surface area contributed by atoms with Crippen molar-refractivity contribution in [2.24, 2.45) is 0 Å². The largest absolute Gasteiger partial charge is 0.465 e. The summed E-state index contributed by atoms with van der Waals surface area (Å²) < 4.78 is 6.05. The van der Waals surface area contributed by atoms with Gasteiger partial charge in [0, 0.05) is 20.6 Å². The van der Waals surface area contributed by atoms with Gasteiger partial charge in [0.1, 0.15) is 10.6 Å². The summed E-state index contributed by atoms with van der Waals surface area (Å²) in [7, 11) is 1.38.